The van der Waals surface area contributed by atoms with Crippen LogP contribution < -0.4 is 10.1 Å². The summed E-state index contributed by atoms with van der Waals surface area (Å²) >= 11 is 0.705. The highest BCUT2D eigenvalue weighted by Crippen LogP contribution is 2.38. The van der Waals surface area contributed by atoms with E-state index >= 15 is 0 Å². The molecule has 0 saturated carbocycles. The van der Waals surface area contributed by atoms with Gasteiger partial charge in [-0.3, -0.25) is 4.79 Å². The molecule has 0 unspecified atom stereocenters. The van der Waals surface area contributed by atoms with Crippen LogP contribution in [0.4, 0.5) is 13.2 Å². The van der Waals surface area contributed by atoms with Gasteiger partial charge < -0.3 is 14.8 Å². The number of hydrogen-bond acceptors (Lipinski definition) is 6. The van der Waals surface area contributed by atoms with E-state index in [2.05, 4.69) is 10.3 Å². The van der Waals surface area contributed by atoms with E-state index in [-0.39, 0.29) is 23.6 Å². The summed E-state index contributed by atoms with van der Waals surface area (Å²) in [6, 6.07) is 13.6. The number of ether oxygens (including phenoxy) is 2. The van der Waals surface area contributed by atoms with Gasteiger partial charge in [-0.1, -0.05) is 57.2 Å². The summed E-state index contributed by atoms with van der Waals surface area (Å²) in [6.07, 6.45) is -4.78. The number of benzene rings is 2. The van der Waals surface area contributed by atoms with Gasteiger partial charge in [0.15, 0.2) is 11.3 Å². The van der Waals surface area contributed by atoms with Crippen molar-refractivity contribution >= 4 is 23.2 Å². The molecular weight excluding hydrogens is 517 g/mol. The Morgan fingerprint density at radius 1 is 0.947 bits per heavy atom. The Morgan fingerprint density at radius 2 is 1.55 bits per heavy atom. The van der Waals surface area contributed by atoms with Crippen LogP contribution in [0.1, 0.15) is 68.0 Å². The molecule has 2 aromatic carbocycles. The van der Waals surface area contributed by atoms with Gasteiger partial charge >= 0.3 is 12.1 Å². The maximum absolute atomic E-state index is 13.7. The van der Waals surface area contributed by atoms with E-state index < -0.39 is 34.2 Å². The molecule has 1 amide bonds. The molecule has 1 heterocycles. The van der Waals surface area contributed by atoms with Crippen molar-refractivity contribution in [1.82, 2.24) is 10.3 Å². The second-order valence-corrected chi connectivity index (χ2v) is 11.2. The van der Waals surface area contributed by atoms with Gasteiger partial charge in [-0.2, -0.15) is 13.2 Å². The van der Waals surface area contributed by atoms with Crippen molar-refractivity contribution in [3.63, 3.8) is 0 Å². The number of carbonyl (C=O) groups is 2. The van der Waals surface area contributed by atoms with Crippen LogP contribution in [0.3, 0.4) is 0 Å². The normalized spacial score (nSPS) is 12.2. The molecule has 0 atom stereocenters. The molecule has 3 aromatic rings. The number of halogens is 3. The van der Waals surface area contributed by atoms with Crippen molar-refractivity contribution in [2.24, 2.45) is 0 Å². The van der Waals surface area contributed by atoms with Crippen molar-refractivity contribution < 1.29 is 32.2 Å². The predicted octanol–water partition coefficient (Wildman–Crippen LogP) is 6.78. The lowest BCUT2D eigenvalue weighted by Gasteiger charge is -2.24. The largest absolute Gasteiger partial charge is 0.476 e. The lowest BCUT2D eigenvalue weighted by atomic mass is 9.87. The quantitative estimate of drug-likeness (QED) is 0.314. The van der Waals surface area contributed by atoms with Gasteiger partial charge in [0.25, 0.3) is 5.91 Å². The summed E-state index contributed by atoms with van der Waals surface area (Å²) in [5, 5.41) is 2.66. The fourth-order valence-corrected chi connectivity index (χ4v) is 4.49. The number of carbonyl (C=O) groups excluding carboxylic acids is 2. The molecule has 204 valence electrons. The Kier molecular flexibility index (Phi) is 8.55. The Balaban J connectivity index is 1.73. The van der Waals surface area contributed by atoms with Gasteiger partial charge in [0.1, 0.15) is 15.6 Å². The molecule has 0 bridgehead atoms. The van der Waals surface area contributed by atoms with Gasteiger partial charge in [0.2, 0.25) is 0 Å². The van der Waals surface area contributed by atoms with E-state index in [1.54, 1.807) is 57.2 Å². The molecule has 1 N–H and O–H groups in total. The molecule has 0 fully saturated rings. The van der Waals surface area contributed by atoms with Crippen LogP contribution in [0.15, 0.2) is 48.5 Å². The number of nitrogens with zero attached hydrogens (tertiary/aromatic N) is 1. The Morgan fingerprint density at radius 3 is 2.08 bits per heavy atom. The number of thiazole rings is 1. The van der Waals surface area contributed by atoms with E-state index in [1.807, 2.05) is 32.9 Å². The average molecular weight is 549 g/mol. The third-order valence-corrected chi connectivity index (χ3v) is 6.72. The highest BCUT2D eigenvalue weighted by atomic mass is 32.1. The first-order chi connectivity index (χ1) is 17.6. The predicted molar refractivity (Wildman–Crippen MR) is 140 cm³/mol. The third-order valence-electron chi connectivity index (χ3n) is 5.62. The summed E-state index contributed by atoms with van der Waals surface area (Å²) in [6.45, 7) is 11.2. The van der Waals surface area contributed by atoms with Crippen LogP contribution in [0.25, 0.3) is 10.6 Å². The van der Waals surface area contributed by atoms with Gasteiger partial charge in [-0.25, -0.2) is 9.78 Å². The SMILES string of the molecule is CCOC(=O)C(C)(C)Oc1ccc(CNC(=O)c2sc(-c3ccc(C(C)(C)C)cc3)nc2C(F)(F)F)cc1. The Labute approximate surface area is 224 Å². The Bertz CT molecular complexity index is 1280. The third kappa shape index (κ3) is 7.12. The molecule has 10 heteroatoms. The lowest BCUT2D eigenvalue weighted by molar-refractivity contribution is -0.158. The molecule has 6 nitrogen and oxygen atoms in total. The number of aromatic nitrogens is 1. The number of esters is 1. The molecule has 0 saturated heterocycles. The Hall–Kier alpha value is -3.40. The molecule has 3 rings (SSSR count). The van der Waals surface area contributed by atoms with Crippen molar-refractivity contribution in [2.75, 3.05) is 6.61 Å². The van der Waals surface area contributed by atoms with Gasteiger partial charge in [-0.05, 0) is 49.4 Å². The first-order valence-electron chi connectivity index (χ1n) is 12.0. The highest BCUT2D eigenvalue weighted by molar-refractivity contribution is 7.17. The van der Waals surface area contributed by atoms with Gasteiger partial charge in [-0.15, -0.1) is 11.3 Å². The second kappa shape index (κ2) is 11.1. The minimum Gasteiger partial charge on any atom is -0.476 e. The van der Waals surface area contributed by atoms with Crippen molar-refractivity contribution in [3.8, 4) is 16.3 Å². The summed E-state index contributed by atoms with van der Waals surface area (Å²) in [4.78, 5) is 28.1. The highest BCUT2D eigenvalue weighted by Gasteiger charge is 2.40. The minimum absolute atomic E-state index is 0.00874. The van der Waals surface area contributed by atoms with Gasteiger partial charge in [0, 0.05) is 12.1 Å². The smallest absolute Gasteiger partial charge is 0.435 e. The van der Waals surface area contributed by atoms with E-state index in [0.717, 1.165) is 5.56 Å². The molecule has 0 aliphatic carbocycles. The topological polar surface area (TPSA) is 77.5 Å². The van der Waals surface area contributed by atoms with E-state index in [4.69, 9.17) is 9.47 Å². The maximum atomic E-state index is 13.7. The lowest BCUT2D eigenvalue weighted by Crippen LogP contribution is -2.39. The fourth-order valence-electron chi connectivity index (χ4n) is 3.48. The number of hydrogen-bond donors (Lipinski definition) is 1. The van der Waals surface area contributed by atoms with Crippen molar-refractivity contribution in [1.29, 1.82) is 0 Å². The minimum atomic E-state index is -4.78. The zero-order valence-corrected chi connectivity index (χ0v) is 23.0. The maximum Gasteiger partial charge on any atom is 0.435 e. The van der Waals surface area contributed by atoms with Gasteiger partial charge in [0.05, 0.1) is 6.61 Å². The standard InChI is InChI=1S/C28H31F3N2O4S/c1-7-36-25(35)27(5,6)37-20-14-8-17(9-15-20)16-32-23(34)21-22(28(29,30)31)33-24(38-21)18-10-12-19(13-11-18)26(2,3)4/h8-15H,7,16H2,1-6H3,(H,32,34). The zero-order chi connectivity index (χ0) is 28.3. The molecular formula is C28H31F3N2O4S. The average Bonchev–Trinajstić information content (AvgIpc) is 3.29. The number of alkyl halides is 3. The molecule has 0 aliphatic rings. The van der Waals surface area contributed by atoms with Crippen LogP contribution in [-0.2, 0) is 27.7 Å². The molecule has 38 heavy (non-hydrogen) atoms. The van der Waals surface area contributed by atoms with Crippen LogP contribution >= 0.6 is 11.3 Å². The first-order valence-corrected chi connectivity index (χ1v) is 12.9. The van der Waals surface area contributed by atoms with E-state index in [0.29, 0.717) is 28.2 Å². The molecule has 0 radical (unpaired) electrons. The second-order valence-electron chi connectivity index (χ2n) is 10.2. The summed E-state index contributed by atoms with van der Waals surface area (Å²) in [5.41, 5.74) is -0.334. The molecule has 0 spiro atoms. The van der Waals surface area contributed by atoms with Crippen LogP contribution in [-0.4, -0.2) is 29.1 Å². The van der Waals surface area contributed by atoms with Crippen LogP contribution in [0, 0.1) is 0 Å². The van der Waals surface area contributed by atoms with Crippen LogP contribution in [0.2, 0.25) is 0 Å². The monoisotopic (exact) mass is 548 g/mol. The zero-order valence-electron chi connectivity index (χ0n) is 22.2. The summed E-state index contributed by atoms with van der Waals surface area (Å²) < 4.78 is 51.9. The number of nitrogens with one attached hydrogen (secondary N) is 1. The molecule has 1 aromatic heterocycles. The molecule has 0 aliphatic heterocycles. The summed E-state index contributed by atoms with van der Waals surface area (Å²) in [7, 11) is 0. The van der Waals surface area contributed by atoms with E-state index in [9.17, 15) is 22.8 Å². The number of rotatable bonds is 8. The van der Waals surface area contributed by atoms with E-state index in [1.165, 1.54) is 0 Å². The van der Waals surface area contributed by atoms with Crippen molar-refractivity contribution in [2.45, 2.75) is 65.3 Å². The fraction of sp³-hybridized carbons (Fsp3) is 0.393. The van der Waals surface area contributed by atoms with Crippen LogP contribution in [0.5, 0.6) is 5.75 Å². The summed E-state index contributed by atoms with van der Waals surface area (Å²) in [5.74, 6) is -0.968. The van der Waals surface area contributed by atoms with Crippen molar-refractivity contribution in [3.05, 3.63) is 70.2 Å². The first kappa shape index (κ1) is 29.2. The number of amides is 1.